The van der Waals surface area contributed by atoms with E-state index in [1.807, 2.05) is 18.3 Å². The zero-order chi connectivity index (χ0) is 11.0. The van der Waals surface area contributed by atoms with E-state index in [-0.39, 0.29) is 0 Å². The van der Waals surface area contributed by atoms with Gasteiger partial charge in [-0.15, -0.1) is 0 Å². The Hall–Kier alpha value is -1.57. The van der Waals surface area contributed by atoms with Crippen LogP contribution in [0.15, 0.2) is 36.5 Å². The molecule has 0 amide bonds. The van der Waals surface area contributed by atoms with Crippen molar-refractivity contribution >= 4 is 0 Å². The van der Waals surface area contributed by atoms with Crippen LogP contribution >= 0.6 is 0 Å². The highest BCUT2D eigenvalue weighted by Crippen LogP contribution is 2.33. The van der Waals surface area contributed by atoms with Crippen LogP contribution in [0.5, 0.6) is 0 Å². The topological polar surface area (TPSA) is 17.8 Å². The smallest absolute Gasteiger partial charge is 0.0866 e. The van der Waals surface area contributed by atoms with E-state index in [1.54, 1.807) is 0 Å². The van der Waals surface area contributed by atoms with E-state index >= 15 is 0 Å². The first-order valence-electron chi connectivity index (χ1n) is 5.92. The van der Waals surface area contributed by atoms with Crippen LogP contribution in [0, 0.1) is 12.8 Å². The van der Waals surface area contributed by atoms with Gasteiger partial charge in [-0.3, -0.25) is 4.98 Å². The number of hydrogen-bond acceptors (Lipinski definition) is 1. The fourth-order valence-corrected chi connectivity index (χ4v) is 2.11. The number of aromatic nitrogens is 2. The standard InChI is InChI=1S/C14H16N2/c1-11-5-8-14(13-4-2-3-9-15-13)16(11)10-12-6-7-12/h2-5,8-9,12H,6-7,10H2,1H3. The third-order valence-corrected chi connectivity index (χ3v) is 3.26. The Kier molecular flexibility index (Phi) is 2.28. The first kappa shape index (κ1) is 9.64. The minimum Gasteiger partial charge on any atom is -0.343 e. The molecule has 0 aromatic carbocycles. The summed E-state index contributed by atoms with van der Waals surface area (Å²) in [6, 6.07) is 10.5. The first-order valence-corrected chi connectivity index (χ1v) is 5.92. The van der Waals surface area contributed by atoms with Gasteiger partial charge in [0.05, 0.1) is 11.4 Å². The summed E-state index contributed by atoms with van der Waals surface area (Å²) in [5.74, 6) is 0.897. The Balaban J connectivity index is 2.00. The van der Waals surface area contributed by atoms with E-state index in [1.165, 1.54) is 24.2 Å². The van der Waals surface area contributed by atoms with Crippen LogP contribution in [0.4, 0.5) is 0 Å². The highest BCUT2D eigenvalue weighted by Gasteiger charge is 2.23. The molecule has 3 rings (SSSR count). The molecule has 16 heavy (non-hydrogen) atoms. The van der Waals surface area contributed by atoms with Crippen LogP contribution in [-0.2, 0) is 6.54 Å². The molecule has 1 aliphatic carbocycles. The lowest BCUT2D eigenvalue weighted by Crippen LogP contribution is -2.04. The van der Waals surface area contributed by atoms with E-state index in [4.69, 9.17) is 0 Å². The largest absolute Gasteiger partial charge is 0.343 e. The number of aryl methyl sites for hydroxylation is 1. The zero-order valence-electron chi connectivity index (χ0n) is 9.56. The molecule has 0 N–H and O–H groups in total. The molecule has 2 nitrogen and oxygen atoms in total. The molecule has 2 heteroatoms. The number of hydrogen-bond donors (Lipinski definition) is 0. The van der Waals surface area contributed by atoms with Crippen LogP contribution in [0.3, 0.4) is 0 Å². The van der Waals surface area contributed by atoms with Crippen molar-refractivity contribution in [2.75, 3.05) is 0 Å². The lowest BCUT2D eigenvalue weighted by atomic mass is 10.2. The van der Waals surface area contributed by atoms with Crippen molar-refractivity contribution in [2.24, 2.45) is 5.92 Å². The summed E-state index contributed by atoms with van der Waals surface area (Å²) < 4.78 is 2.40. The van der Waals surface area contributed by atoms with Crippen molar-refractivity contribution in [3.8, 4) is 11.4 Å². The molecule has 0 atom stereocenters. The molecule has 0 saturated heterocycles. The Bertz CT molecular complexity index is 481. The molecule has 0 aliphatic heterocycles. The van der Waals surface area contributed by atoms with Gasteiger partial charge in [-0.2, -0.15) is 0 Å². The third-order valence-electron chi connectivity index (χ3n) is 3.26. The maximum atomic E-state index is 4.43. The molecule has 2 aromatic heterocycles. The maximum Gasteiger partial charge on any atom is 0.0866 e. The van der Waals surface area contributed by atoms with Crippen LogP contribution in [0.25, 0.3) is 11.4 Å². The van der Waals surface area contributed by atoms with Gasteiger partial charge >= 0.3 is 0 Å². The number of nitrogens with zero attached hydrogens (tertiary/aromatic N) is 2. The predicted octanol–water partition coefficient (Wildman–Crippen LogP) is 3.27. The van der Waals surface area contributed by atoms with Crippen molar-refractivity contribution in [1.29, 1.82) is 0 Å². The second-order valence-corrected chi connectivity index (χ2v) is 4.63. The molecule has 0 unspecified atom stereocenters. The van der Waals surface area contributed by atoms with Crippen molar-refractivity contribution in [3.05, 3.63) is 42.2 Å². The quantitative estimate of drug-likeness (QED) is 0.763. The second-order valence-electron chi connectivity index (χ2n) is 4.63. The maximum absolute atomic E-state index is 4.43. The van der Waals surface area contributed by atoms with Gasteiger partial charge < -0.3 is 4.57 Å². The molecule has 1 saturated carbocycles. The van der Waals surface area contributed by atoms with Crippen molar-refractivity contribution in [2.45, 2.75) is 26.3 Å². The Morgan fingerprint density at radius 1 is 1.25 bits per heavy atom. The summed E-state index contributed by atoms with van der Waals surface area (Å²) in [6.07, 6.45) is 4.64. The third kappa shape index (κ3) is 1.75. The molecular weight excluding hydrogens is 196 g/mol. The van der Waals surface area contributed by atoms with Crippen molar-refractivity contribution in [3.63, 3.8) is 0 Å². The van der Waals surface area contributed by atoms with Crippen LogP contribution in [0.2, 0.25) is 0 Å². The lowest BCUT2D eigenvalue weighted by molar-refractivity contribution is 0.621. The van der Waals surface area contributed by atoms with Gasteiger partial charge in [-0.25, -0.2) is 0 Å². The molecule has 0 bridgehead atoms. The summed E-state index contributed by atoms with van der Waals surface area (Å²) >= 11 is 0. The van der Waals surface area contributed by atoms with Gasteiger partial charge in [-0.1, -0.05) is 6.07 Å². The number of pyridine rings is 1. The minimum atomic E-state index is 0.897. The highest BCUT2D eigenvalue weighted by molar-refractivity contribution is 5.55. The van der Waals surface area contributed by atoms with Crippen molar-refractivity contribution < 1.29 is 0 Å². The molecule has 1 fully saturated rings. The van der Waals surface area contributed by atoms with Gasteiger partial charge in [-0.05, 0) is 49.9 Å². The zero-order valence-corrected chi connectivity index (χ0v) is 9.56. The Morgan fingerprint density at radius 3 is 2.81 bits per heavy atom. The van der Waals surface area contributed by atoms with E-state index in [9.17, 15) is 0 Å². The van der Waals surface area contributed by atoms with Gasteiger partial charge in [0, 0.05) is 18.4 Å². The SMILES string of the molecule is Cc1ccc(-c2ccccn2)n1CC1CC1. The van der Waals surface area contributed by atoms with Crippen molar-refractivity contribution in [1.82, 2.24) is 9.55 Å². The average molecular weight is 212 g/mol. The van der Waals surface area contributed by atoms with Gasteiger partial charge in [0.2, 0.25) is 0 Å². The van der Waals surface area contributed by atoms with E-state index in [0.29, 0.717) is 0 Å². The molecular formula is C14H16N2. The molecule has 2 aromatic rings. The second kappa shape index (κ2) is 3.78. The summed E-state index contributed by atoms with van der Waals surface area (Å²) in [4.78, 5) is 4.43. The normalized spacial score (nSPS) is 15.3. The van der Waals surface area contributed by atoms with Gasteiger partial charge in [0.25, 0.3) is 0 Å². The summed E-state index contributed by atoms with van der Waals surface area (Å²) in [5.41, 5.74) is 3.67. The fraction of sp³-hybridized carbons (Fsp3) is 0.357. The van der Waals surface area contributed by atoms with Gasteiger partial charge in [0.15, 0.2) is 0 Å². The minimum absolute atomic E-state index is 0.897. The monoisotopic (exact) mass is 212 g/mol. The van der Waals surface area contributed by atoms with Gasteiger partial charge in [0.1, 0.15) is 0 Å². The van der Waals surface area contributed by atoms with Crippen LogP contribution in [0.1, 0.15) is 18.5 Å². The predicted molar refractivity (Wildman–Crippen MR) is 65.1 cm³/mol. The lowest BCUT2D eigenvalue weighted by Gasteiger charge is -2.10. The molecule has 2 heterocycles. The molecule has 1 aliphatic rings. The Morgan fingerprint density at radius 2 is 2.12 bits per heavy atom. The van der Waals surface area contributed by atoms with Crippen LogP contribution in [-0.4, -0.2) is 9.55 Å². The first-order chi connectivity index (χ1) is 7.84. The Labute approximate surface area is 95.9 Å². The van der Waals surface area contributed by atoms with E-state index in [0.717, 1.165) is 18.2 Å². The average Bonchev–Trinajstić information content (AvgIpc) is 3.06. The fourth-order valence-electron chi connectivity index (χ4n) is 2.11. The van der Waals surface area contributed by atoms with E-state index in [2.05, 4.69) is 34.7 Å². The van der Waals surface area contributed by atoms with E-state index < -0.39 is 0 Å². The summed E-state index contributed by atoms with van der Waals surface area (Å²) in [5, 5.41) is 0. The van der Waals surface area contributed by atoms with Crippen LogP contribution < -0.4 is 0 Å². The highest BCUT2D eigenvalue weighted by atomic mass is 15.0. The molecule has 82 valence electrons. The molecule has 0 radical (unpaired) electrons. The number of rotatable bonds is 3. The summed E-state index contributed by atoms with van der Waals surface area (Å²) in [7, 11) is 0. The molecule has 0 spiro atoms. The summed E-state index contributed by atoms with van der Waals surface area (Å²) in [6.45, 7) is 3.33.